The summed E-state index contributed by atoms with van der Waals surface area (Å²) in [5.41, 5.74) is 0.763. The lowest BCUT2D eigenvalue weighted by atomic mass is 10.1. The summed E-state index contributed by atoms with van der Waals surface area (Å²) in [6.07, 6.45) is 0. The van der Waals surface area contributed by atoms with Gasteiger partial charge >= 0.3 is 0 Å². The molecule has 0 amide bonds. The number of para-hydroxylation sites is 1. The van der Waals surface area contributed by atoms with Crippen molar-refractivity contribution in [2.24, 2.45) is 0 Å². The van der Waals surface area contributed by atoms with Gasteiger partial charge in [-0.05, 0) is 19.9 Å². The summed E-state index contributed by atoms with van der Waals surface area (Å²) < 4.78 is 10.7. The minimum absolute atomic E-state index is 0.0966. The molecule has 1 aromatic rings. The van der Waals surface area contributed by atoms with Crippen LogP contribution in [0.4, 0.5) is 0 Å². The Labute approximate surface area is 95.2 Å². The van der Waals surface area contributed by atoms with Crippen molar-refractivity contribution in [1.29, 1.82) is 0 Å². The molecule has 0 unspecified atom stereocenters. The van der Waals surface area contributed by atoms with Gasteiger partial charge in [-0.3, -0.25) is 0 Å². The molecule has 2 rings (SSSR count). The Morgan fingerprint density at radius 3 is 2.94 bits per heavy atom. The second kappa shape index (κ2) is 4.31. The molecule has 0 aliphatic carbocycles. The maximum atomic E-state index is 9.15. The third kappa shape index (κ3) is 2.28. The largest absolute Gasteiger partial charge is 0.454 e. The average Bonchev–Trinajstić information content (AvgIpc) is 2.75. The first-order chi connectivity index (χ1) is 7.62. The van der Waals surface area contributed by atoms with E-state index in [9.17, 15) is 0 Å². The minimum atomic E-state index is -0.289. The van der Waals surface area contributed by atoms with Crippen molar-refractivity contribution in [2.75, 3.05) is 13.4 Å². The maximum absolute atomic E-state index is 9.15. The molecule has 4 nitrogen and oxygen atoms in total. The van der Waals surface area contributed by atoms with Crippen molar-refractivity contribution < 1.29 is 14.6 Å². The second-order valence-corrected chi connectivity index (χ2v) is 4.55. The second-order valence-electron chi connectivity index (χ2n) is 4.55. The molecule has 88 valence electrons. The number of aliphatic hydroxyl groups is 1. The van der Waals surface area contributed by atoms with Gasteiger partial charge in [0.1, 0.15) is 0 Å². The average molecular weight is 223 g/mol. The Balaban J connectivity index is 2.08. The van der Waals surface area contributed by atoms with Crippen LogP contribution in [0.1, 0.15) is 19.4 Å². The molecule has 16 heavy (non-hydrogen) atoms. The molecular formula is C12H17NO3. The van der Waals surface area contributed by atoms with Gasteiger partial charge in [0.05, 0.1) is 6.61 Å². The summed E-state index contributed by atoms with van der Waals surface area (Å²) in [7, 11) is 0. The summed E-state index contributed by atoms with van der Waals surface area (Å²) in [6, 6.07) is 5.83. The third-order valence-electron chi connectivity index (χ3n) is 2.63. The molecule has 0 fully saturated rings. The number of aliphatic hydroxyl groups excluding tert-OH is 1. The topological polar surface area (TPSA) is 50.7 Å². The highest BCUT2D eigenvalue weighted by Gasteiger charge is 2.20. The van der Waals surface area contributed by atoms with Crippen LogP contribution in [0.15, 0.2) is 18.2 Å². The molecule has 4 heteroatoms. The van der Waals surface area contributed by atoms with E-state index in [2.05, 4.69) is 5.32 Å². The number of fused-ring (bicyclic) bond motifs is 1. The number of benzene rings is 1. The molecule has 0 aromatic heterocycles. The molecule has 0 saturated heterocycles. The smallest absolute Gasteiger partial charge is 0.231 e. The lowest BCUT2D eigenvalue weighted by Crippen LogP contribution is -2.42. The van der Waals surface area contributed by atoms with E-state index in [4.69, 9.17) is 14.6 Å². The highest BCUT2D eigenvalue weighted by molar-refractivity contribution is 5.48. The Hall–Kier alpha value is -1.26. The van der Waals surface area contributed by atoms with Gasteiger partial charge in [-0.15, -0.1) is 0 Å². The number of nitrogens with one attached hydrogen (secondary N) is 1. The number of rotatable bonds is 4. The van der Waals surface area contributed by atoms with Crippen molar-refractivity contribution in [1.82, 2.24) is 5.32 Å². The first kappa shape index (κ1) is 11.2. The minimum Gasteiger partial charge on any atom is -0.454 e. The summed E-state index contributed by atoms with van der Waals surface area (Å²) in [6.45, 7) is 4.94. The van der Waals surface area contributed by atoms with Crippen molar-refractivity contribution in [3.8, 4) is 11.5 Å². The molecule has 0 saturated carbocycles. The van der Waals surface area contributed by atoms with Gasteiger partial charge in [-0.2, -0.15) is 0 Å². The van der Waals surface area contributed by atoms with E-state index in [-0.39, 0.29) is 18.9 Å². The predicted molar refractivity (Wildman–Crippen MR) is 60.6 cm³/mol. The van der Waals surface area contributed by atoms with Crippen LogP contribution in [-0.2, 0) is 6.54 Å². The van der Waals surface area contributed by atoms with E-state index >= 15 is 0 Å². The molecule has 0 spiro atoms. The van der Waals surface area contributed by atoms with Crippen molar-refractivity contribution in [3.63, 3.8) is 0 Å². The summed E-state index contributed by atoms with van der Waals surface area (Å²) >= 11 is 0. The lowest BCUT2D eigenvalue weighted by Gasteiger charge is -2.23. The van der Waals surface area contributed by atoms with Gasteiger partial charge in [0.15, 0.2) is 11.5 Å². The quantitative estimate of drug-likeness (QED) is 0.807. The molecule has 1 heterocycles. The number of ether oxygens (including phenoxy) is 2. The Morgan fingerprint density at radius 2 is 2.19 bits per heavy atom. The zero-order valence-electron chi connectivity index (χ0n) is 9.62. The van der Waals surface area contributed by atoms with Crippen LogP contribution < -0.4 is 14.8 Å². The first-order valence-corrected chi connectivity index (χ1v) is 5.36. The van der Waals surface area contributed by atoms with Crippen LogP contribution in [0.5, 0.6) is 11.5 Å². The molecule has 1 aliphatic rings. The normalized spacial score (nSPS) is 14.2. The van der Waals surface area contributed by atoms with Gasteiger partial charge < -0.3 is 19.9 Å². The Morgan fingerprint density at radius 1 is 1.38 bits per heavy atom. The fourth-order valence-corrected chi connectivity index (χ4v) is 1.52. The number of hydrogen-bond donors (Lipinski definition) is 2. The highest BCUT2D eigenvalue weighted by Crippen LogP contribution is 2.35. The summed E-state index contributed by atoms with van der Waals surface area (Å²) in [5.74, 6) is 1.60. The van der Waals surface area contributed by atoms with Gasteiger partial charge in [-0.1, -0.05) is 12.1 Å². The molecule has 0 bridgehead atoms. The summed E-state index contributed by atoms with van der Waals surface area (Å²) in [5, 5.41) is 12.4. The van der Waals surface area contributed by atoms with Crippen LogP contribution in [0.25, 0.3) is 0 Å². The molecule has 0 radical (unpaired) electrons. The molecule has 0 atom stereocenters. The molecule has 1 aliphatic heterocycles. The standard InChI is InChI=1S/C12H17NO3/c1-12(2,7-14)13-6-9-4-3-5-10-11(9)16-8-15-10/h3-5,13-14H,6-8H2,1-2H3. The van der Waals surface area contributed by atoms with Crippen LogP contribution in [0.2, 0.25) is 0 Å². The maximum Gasteiger partial charge on any atom is 0.231 e. The Bertz CT molecular complexity index is 377. The van der Waals surface area contributed by atoms with E-state index in [0.717, 1.165) is 17.1 Å². The Kier molecular flexibility index (Phi) is 3.03. The molecular weight excluding hydrogens is 206 g/mol. The van der Waals surface area contributed by atoms with Crippen molar-refractivity contribution in [2.45, 2.75) is 25.9 Å². The third-order valence-corrected chi connectivity index (χ3v) is 2.63. The summed E-state index contributed by atoms with van der Waals surface area (Å²) in [4.78, 5) is 0. The fraction of sp³-hybridized carbons (Fsp3) is 0.500. The van der Waals surface area contributed by atoms with Crippen molar-refractivity contribution >= 4 is 0 Å². The zero-order chi connectivity index (χ0) is 11.6. The van der Waals surface area contributed by atoms with Crippen LogP contribution in [0, 0.1) is 0 Å². The van der Waals surface area contributed by atoms with Gasteiger partial charge in [0, 0.05) is 17.6 Å². The van der Waals surface area contributed by atoms with Gasteiger partial charge in [-0.25, -0.2) is 0 Å². The predicted octanol–water partition coefficient (Wildman–Crippen LogP) is 1.28. The molecule has 2 N–H and O–H groups in total. The van der Waals surface area contributed by atoms with Gasteiger partial charge in [0.2, 0.25) is 6.79 Å². The van der Waals surface area contributed by atoms with E-state index < -0.39 is 0 Å². The monoisotopic (exact) mass is 223 g/mol. The van der Waals surface area contributed by atoms with E-state index in [1.165, 1.54) is 0 Å². The van der Waals surface area contributed by atoms with E-state index in [1.54, 1.807) is 0 Å². The zero-order valence-corrected chi connectivity index (χ0v) is 9.62. The fourth-order valence-electron chi connectivity index (χ4n) is 1.52. The first-order valence-electron chi connectivity index (χ1n) is 5.36. The molecule has 1 aromatic carbocycles. The van der Waals surface area contributed by atoms with Crippen molar-refractivity contribution in [3.05, 3.63) is 23.8 Å². The number of hydrogen-bond acceptors (Lipinski definition) is 4. The van der Waals surface area contributed by atoms with Crippen LogP contribution in [-0.4, -0.2) is 24.0 Å². The van der Waals surface area contributed by atoms with E-state index in [1.807, 2.05) is 32.0 Å². The SMILES string of the molecule is CC(C)(CO)NCc1cccc2c1OCO2. The highest BCUT2D eigenvalue weighted by atomic mass is 16.7. The van der Waals surface area contributed by atoms with E-state index in [0.29, 0.717) is 6.54 Å². The van der Waals surface area contributed by atoms with Crippen LogP contribution >= 0.6 is 0 Å². The van der Waals surface area contributed by atoms with Gasteiger partial charge in [0.25, 0.3) is 0 Å². The van der Waals surface area contributed by atoms with Crippen LogP contribution in [0.3, 0.4) is 0 Å². The lowest BCUT2D eigenvalue weighted by molar-refractivity contribution is 0.171.